The van der Waals surface area contributed by atoms with Crippen molar-refractivity contribution in [2.24, 2.45) is 10.7 Å². The standard InChI is InChI=1S/C12H11N5O/c13-10(18)8-9-12(15-6-14-9)17-11(16-8)7-4-2-1-3-5-7/h1-6,11,17H,(H2,13,18)(H,14,15). The Morgan fingerprint density at radius 3 is 2.78 bits per heavy atom. The fourth-order valence-electron chi connectivity index (χ4n) is 1.92. The zero-order valence-electron chi connectivity index (χ0n) is 9.42. The van der Waals surface area contributed by atoms with Crippen LogP contribution in [-0.2, 0) is 4.79 Å². The third-order valence-electron chi connectivity index (χ3n) is 2.76. The SMILES string of the molecule is NC(=O)C1=NC(c2ccccc2)Nc2nc[nH]c21. The van der Waals surface area contributed by atoms with E-state index in [2.05, 4.69) is 20.3 Å². The molecule has 0 saturated carbocycles. The number of nitrogens with zero attached hydrogens (tertiary/aromatic N) is 2. The molecular weight excluding hydrogens is 230 g/mol. The van der Waals surface area contributed by atoms with Crippen molar-refractivity contribution >= 4 is 17.4 Å². The van der Waals surface area contributed by atoms with Crippen molar-refractivity contribution in [2.75, 3.05) is 5.32 Å². The van der Waals surface area contributed by atoms with Gasteiger partial charge in [-0.05, 0) is 5.56 Å². The quantitative estimate of drug-likeness (QED) is 0.725. The molecule has 0 bridgehead atoms. The summed E-state index contributed by atoms with van der Waals surface area (Å²) in [6.07, 6.45) is 1.16. The van der Waals surface area contributed by atoms with E-state index in [4.69, 9.17) is 5.73 Å². The fraction of sp³-hybridized carbons (Fsp3) is 0.0833. The molecule has 1 aliphatic heterocycles. The van der Waals surface area contributed by atoms with Gasteiger partial charge in [-0.3, -0.25) is 4.79 Å². The highest BCUT2D eigenvalue weighted by atomic mass is 16.1. The normalized spacial score (nSPS) is 17.6. The Labute approximate surface area is 103 Å². The molecule has 18 heavy (non-hydrogen) atoms. The number of rotatable bonds is 2. The number of carbonyl (C=O) groups excluding carboxylic acids is 1. The monoisotopic (exact) mass is 241 g/mol. The molecule has 1 aromatic carbocycles. The minimum atomic E-state index is -0.567. The number of primary amides is 1. The van der Waals surface area contributed by atoms with Crippen LogP contribution >= 0.6 is 0 Å². The molecule has 4 N–H and O–H groups in total. The van der Waals surface area contributed by atoms with Gasteiger partial charge in [-0.1, -0.05) is 30.3 Å². The van der Waals surface area contributed by atoms with Crippen molar-refractivity contribution in [3.63, 3.8) is 0 Å². The minimum absolute atomic E-state index is 0.218. The van der Waals surface area contributed by atoms with E-state index in [1.807, 2.05) is 30.3 Å². The van der Waals surface area contributed by atoms with Crippen molar-refractivity contribution < 1.29 is 4.79 Å². The van der Waals surface area contributed by atoms with Crippen molar-refractivity contribution in [2.45, 2.75) is 6.17 Å². The number of nitrogens with two attached hydrogens (primary N) is 1. The number of anilines is 1. The molecule has 0 fully saturated rings. The number of H-pyrrole nitrogens is 1. The number of nitrogens with one attached hydrogen (secondary N) is 2. The summed E-state index contributed by atoms with van der Waals surface area (Å²) in [4.78, 5) is 22.7. The van der Waals surface area contributed by atoms with Crippen molar-refractivity contribution in [1.82, 2.24) is 9.97 Å². The van der Waals surface area contributed by atoms with Crippen LogP contribution < -0.4 is 11.1 Å². The first-order valence-corrected chi connectivity index (χ1v) is 5.48. The number of aromatic amines is 1. The predicted octanol–water partition coefficient (Wildman–Crippen LogP) is 0.808. The second kappa shape index (κ2) is 3.99. The smallest absolute Gasteiger partial charge is 0.269 e. The zero-order valence-corrected chi connectivity index (χ0v) is 9.42. The van der Waals surface area contributed by atoms with Crippen LogP contribution in [0.1, 0.15) is 17.4 Å². The van der Waals surface area contributed by atoms with Crippen LogP contribution in [0.4, 0.5) is 5.82 Å². The largest absolute Gasteiger partial charge is 0.364 e. The van der Waals surface area contributed by atoms with Gasteiger partial charge in [0.05, 0.1) is 6.33 Å². The number of carbonyl (C=O) groups is 1. The van der Waals surface area contributed by atoms with Crippen LogP contribution in [0.5, 0.6) is 0 Å². The first kappa shape index (κ1) is 10.5. The second-order valence-corrected chi connectivity index (χ2v) is 3.93. The van der Waals surface area contributed by atoms with Crippen LogP contribution in [-0.4, -0.2) is 21.6 Å². The molecule has 2 heterocycles. The number of aliphatic imine (C=N–C) groups is 1. The minimum Gasteiger partial charge on any atom is -0.364 e. The maximum Gasteiger partial charge on any atom is 0.269 e. The number of benzene rings is 1. The first-order valence-electron chi connectivity index (χ1n) is 5.48. The molecule has 3 rings (SSSR count). The Morgan fingerprint density at radius 1 is 1.28 bits per heavy atom. The summed E-state index contributed by atoms with van der Waals surface area (Å²) in [6.45, 7) is 0. The first-order chi connectivity index (χ1) is 8.75. The van der Waals surface area contributed by atoms with E-state index >= 15 is 0 Å². The molecule has 0 saturated heterocycles. The number of hydrogen-bond acceptors (Lipinski definition) is 4. The summed E-state index contributed by atoms with van der Waals surface area (Å²) >= 11 is 0. The highest BCUT2D eigenvalue weighted by Gasteiger charge is 2.26. The van der Waals surface area contributed by atoms with E-state index in [1.54, 1.807) is 0 Å². The molecule has 1 aromatic heterocycles. The van der Waals surface area contributed by atoms with Gasteiger partial charge in [0.15, 0.2) is 11.5 Å². The Kier molecular flexibility index (Phi) is 2.33. The number of fused-ring (bicyclic) bond motifs is 1. The van der Waals surface area contributed by atoms with Gasteiger partial charge in [0.25, 0.3) is 5.91 Å². The van der Waals surface area contributed by atoms with E-state index in [9.17, 15) is 4.79 Å². The van der Waals surface area contributed by atoms with Gasteiger partial charge in [-0.15, -0.1) is 0 Å². The third-order valence-corrected chi connectivity index (χ3v) is 2.76. The molecule has 6 heteroatoms. The lowest BCUT2D eigenvalue weighted by Gasteiger charge is -2.21. The molecule has 6 nitrogen and oxygen atoms in total. The fourth-order valence-corrected chi connectivity index (χ4v) is 1.92. The molecule has 0 radical (unpaired) electrons. The summed E-state index contributed by atoms with van der Waals surface area (Å²) in [5, 5.41) is 3.14. The van der Waals surface area contributed by atoms with Crippen molar-refractivity contribution in [3.05, 3.63) is 47.9 Å². The maximum absolute atomic E-state index is 11.4. The van der Waals surface area contributed by atoms with Crippen LogP contribution in [0.2, 0.25) is 0 Å². The Hall–Kier alpha value is -2.63. The lowest BCUT2D eigenvalue weighted by molar-refractivity contribution is -0.111. The van der Waals surface area contributed by atoms with Gasteiger partial charge in [-0.25, -0.2) is 9.98 Å². The lowest BCUT2D eigenvalue weighted by Crippen LogP contribution is -2.30. The van der Waals surface area contributed by atoms with Gasteiger partial charge < -0.3 is 16.0 Å². The van der Waals surface area contributed by atoms with Crippen LogP contribution in [0.25, 0.3) is 0 Å². The zero-order chi connectivity index (χ0) is 12.5. The van der Waals surface area contributed by atoms with Crippen molar-refractivity contribution in [1.29, 1.82) is 0 Å². The van der Waals surface area contributed by atoms with E-state index in [-0.39, 0.29) is 11.9 Å². The Morgan fingerprint density at radius 2 is 2.06 bits per heavy atom. The Balaban J connectivity index is 2.06. The summed E-state index contributed by atoms with van der Waals surface area (Å²) in [6, 6.07) is 9.60. The number of imidazole rings is 1. The summed E-state index contributed by atoms with van der Waals surface area (Å²) in [7, 11) is 0. The topological polar surface area (TPSA) is 96.2 Å². The second-order valence-electron chi connectivity index (χ2n) is 3.93. The van der Waals surface area contributed by atoms with Crippen molar-refractivity contribution in [3.8, 4) is 0 Å². The third kappa shape index (κ3) is 1.64. The maximum atomic E-state index is 11.4. The van der Waals surface area contributed by atoms with E-state index in [0.717, 1.165) is 5.56 Å². The molecule has 90 valence electrons. The van der Waals surface area contributed by atoms with Crippen LogP contribution in [0.3, 0.4) is 0 Å². The molecular formula is C12H11N5O. The molecule has 1 unspecified atom stereocenters. The molecule has 0 aliphatic carbocycles. The molecule has 1 amide bonds. The van der Waals surface area contributed by atoms with E-state index in [0.29, 0.717) is 11.5 Å². The molecule has 1 aliphatic rings. The Bertz CT molecular complexity index is 616. The summed E-state index contributed by atoms with van der Waals surface area (Å²) < 4.78 is 0. The van der Waals surface area contributed by atoms with Gasteiger partial charge >= 0.3 is 0 Å². The number of hydrogen-bond donors (Lipinski definition) is 3. The van der Waals surface area contributed by atoms with Gasteiger partial charge in [-0.2, -0.15) is 0 Å². The van der Waals surface area contributed by atoms with Crippen LogP contribution in [0.15, 0.2) is 41.7 Å². The van der Waals surface area contributed by atoms with Gasteiger partial charge in [0.2, 0.25) is 0 Å². The summed E-state index contributed by atoms with van der Waals surface area (Å²) in [5.41, 5.74) is 7.04. The average Bonchev–Trinajstić information content (AvgIpc) is 2.86. The highest BCUT2D eigenvalue weighted by Crippen LogP contribution is 2.27. The van der Waals surface area contributed by atoms with Gasteiger partial charge in [0.1, 0.15) is 11.9 Å². The highest BCUT2D eigenvalue weighted by molar-refractivity contribution is 6.45. The molecule has 1 atom stereocenters. The lowest BCUT2D eigenvalue weighted by atomic mass is 10.1. The number of amides is 1. The van der Waals surface area contributed by atoms with Crippen LogP contribution in [0, 0.1) is 0 Å². The summed E-state index contributed by atoms with van der Waals surface area (Å²) in [5.74, 6) is 0.0237. The van der Waals surface area contributed by atoms with E-state index in [1.165, 1.54) is 6.33 Å². The number of aromatic nitrogens is 2. The molecule has 0 spiro atoms. The van der Waals surface area contributed by atoms with Gasteiger partial charge in [0, 0.05) is 0 Å². The van der Waals surface area contributed by atoms with E-state index < -0.39 is 5.91 Å². The predicted molar refractivity (Wildman–Crippen MR) is 67.1 cm³/mol. The average molecular weight is 241 g/mol. The molecule has 2 aromatic rings.